The van der Waals surface area contributed by atoms with Crippen LogP contribution in [0.3, 0.4) is 0 Å². The Labute approximate surface area is 149 Å². The Morgan fingerprint density at radius 1 is 1.08 bits per heavy atom. The smallest absolute Gasteiger partial charge is 0.225 e. The van der Waals surface area contributed by atoms with E-state index in [0.29, 0.717) is 11.1 Å². The highest BCUT2D eigenvalue weighted by Crippen LogP contribution is 2.36. The van der Waals surface area contributed by atoms with Gasteiger partial charge < -0.3 is 0 Å². The van der Waals surface area contributed by atoms with Gasteiger partial charge in [-0.1, -0.05) is 18.2 Å². The van der Waals surface area contributed by atoms with Gasteiger partial charge in [-0.25, -0.2) is 17.9 Å². The number of hydrogen-bond donors (Lipinski definition) is 1. The number of primary sulfonamides is 1. The number of hydrogen-bond acceptors (Lipinski definition) is 4. The van der Waals surface area contributed by atoms with E-state index in [-0.39, 0.29) is 0 Å². The van der Waals surface area contributed by atoms with Crippen LogP contribution in [0.5, 0.6) is 0 Å². The zero-order valence-corrected chi connectivity index (χ0v) is 14.8. The van der Waals surface area contributed by atoms with Crippen molar-refractivity contribution < 1.29 is 12.8 Å². The summed E-state index contributed by atoms with van der Waals surface area (Å²) in [5.74, 6) is -0.881. The van der Waals surface area contributed by atoms with E-state index in [2.05, 4.69) is 6.07 Å². The van der Waals surface area contributed by atoms with Gasteiger partial charge in [-0.2, -0.15) is 16.6 Å². The topological polar surface area (TPSA) is 84.0 Å². The van der Waals surface area contributed by atoms with Crippen LogP contribution in [-0.2, 0) is 10.0 Å². The summed E-state index contributed by atoms with van der Waals surface area (Å²) in [7, 11) is -4.10. The van der Waals surface area contributed by atoms with Crippen molar-refractivity contribution in [2.45, 2.75) is 11.8 Å². The third-order valence-corrected chi connectivity index (χ3v) is 5.56. The molecule has 0 unspecified atom stereocenters. The van der Waals surface area contributed by atoms with E-state index < -0.39 is 20.7 Å². The monoisotopic (exact) mass is 372 g/mol. The number of nitrogens with two attached hydrogens (primary N) is 1. The number of sulfonamides is 1. The van der Waals surface area contributed by atoms with Crippen LogP contribution in [0.1, 0.15) is 11.1 Å². The van der Waals surface area contributed by atoms with Gasteiger partial charge in [0.25, 0.3) is 0 Å². The molecule has 0 atom stereocenters. The number of aryl methyl sites for hydroxylation is 1. The maximum absolute atomic E-state index is 14.1. The number of halogens is 1. The van der Waals surface area contributed by atoms with Crippen molar-refractivity contribution in [3.8, 4) is 28.3 Å². The highest BCUT2D eigenvalue weighted by Gasteiger charge is 2.17. The molecule has 3 rings (SSSR count). The largest absolute Gasteiger partial charge is 0.240 e. The van der Waals surface area contributed by atoms with Crippen LogP contribution in [0.4, 0.5) is 4.39 Å². The molecule has 0 aliphatic carbocycles. The second-order valence-electron chi connectivity index (χ2n) is 5.53. The normalized spacial score (nSPS) is 11.3. The van der Waals surface area contributed by atoms with Gasteiger partial charge in [-0.15, -0.1) is 0 Å². The first kappa shape index (κ1) is 17.3. The molecular formula is C18H13FN2O2S2. The molecule has 1 aromatic heterocycles. The predicted molar refractivity (Wildman–Crippen MR) is 96.0 cm³/mol. The second kappa shape index (κ2) is 6.41. The van der Waals surface area contributed by atoms with Crippen molar-refractivity contribution in [2.75, 3.05) is 0 Å². The molecule has 0 amide bonds. The molecule has 0 saturated carbocycles. The first-order valence-electron chi connectivity index (χ1n) is 7.21. The lowest BCUT2D eigenvalue weighted by Gasteiger charge is -2.08. The average molecular weight is 372 g/mol. The molecule has 4 nitrogen and oxygen atoms in total. The molecule has 0 fully saturated rings. The van der Waals surface area contributed by atoms with Crippen LogP contribution < -0.4 is 5.14 Å². The SMILES string of the molecule is Cc1cc(-c2cscc2-c2ccc(S(N)(=O)=O)c(F)c2)ccc1C#N. The number of nitriles is 1. The first-order valence-corrected chi connectivity index (χ1v) is 9.70. The summed E-state index contributed by atoms with van der Waals surface area (Å²) in [6.07, 6.45) is 0. The molecule has 0 saturated heterocycles. The Kier molecular flexibility index (Phi) is 4.43. The minimum atomic E-state index is -4.10. The molecule has 3 aromatic rings. The molecule has 1 heterocycles. The number of rotatable bonds is 3. The fourth-order valence-corrected chi connectivity index (χ4v) is 4.05. The van der Waals surface area contributed by atoms with Crippen LogP contribution in [0.25, 0.3) is 22.3 Å². The maximum atomic E-state index is 14.1. The summed E-state index contributed by atoms with van der Waals surface area (Å²) in [5.41, 5.74) is 4.60. The van der Waals surface area contributed by atoms with Crippen molar-refractivity contribution in [3.63, 3.8) is 0 Å². The molecule has 0 spiro atoms. The summed E-state index contributed by atoms with van der Waals surface area (Å²) < 4.78 is 36.8. The third-order valence-electron chi connectivity index (χ3n) is 3.87. The van der Waals surface area contributed by atoms with E-state index in [0.717, 1.165) is 22.3 Å². The summed E-state index contributed by atoms with van der Waals surface area (Å²) in [5, 5.41) is 17.8. The first-order chi connectivity index (χ1) is 11.8. The number of thiophene rings is 1. The molecule has 0 radical (unpaired) electrons. The van der Waals surface area contributed by atoms with Gasteiger partial charge in [-0.3, -0.25) is 0 Å². The minimum absolute atomic E-state index is 0.526. The zero-order valence-electron chi connectivity index (χ0n) is 13.2. The van der Waals surface area contributed by atoms with Crippen LogP contribution in [0.2, 0.25) is 0 Å². The van der Waals surface area contributed by atoms with Crippen molar-refractivity contribution in [2.24, 2.45) is 5.14 Å². The minimum Gasteiger partial charge on any atom is -0.225 e. The molecule has 25 heavy (non-hydrogen) atoms. The average Bonchev–Trinajstić information content (AvgIpc) is 3.03. The van der Waals surface area contributed by atoms with Crippen molar-refractivity contribution in [1.29, 1.82) is 5.26 Å². The van der Waals surface area contributed by atoms with Gasteiger partial charge >= 0.3 is 0 Å². The van der Waals surface area contributed by atoms with Crippen molar-refractivity contribution >= 4 is 21.4 Å². The van der Waals surface area contributed by atoms with Gasteiger partial charge in [0.05, 0.1) is 11.6 Å². The number of benzene rings is 2. The van der Waals surface area contributed by atoms with E-state index in [1.807, 2.05) is 29.8 Å². The second-order valence-corrected chi connectivity index (χ2v) is 7.80. The summed E-state index contributed by atoms with van der Waals surface area (Å²) >= 11 is 1.46. The molecular weight excluding hydrogens is 359 g/mol. The van der Waals surface area contributed by atoms with Crippen LogP contribution >= 0.6 is 11.3 Å². The fraction of sp³-hybridized carbons (Fsp3) is 0.0556. The van der Waals surface area contributed by atoms with Crippen molar-refractivity contribution in [1.82, 2.24) is 0 Å². The zero-order chi connectivity index (χ0) is 18.2. The molecule has 0 aliphatic rings. The molecule has 126 valence electrons. The Morgan fingerprint density at radius 3 is 2.20 bits per heavy atom. The van der Waals surface area contributed by atoms with Gasteiger partial charge in [-0.05, 0) is 52.6 Å². The Morgan fingerprint density at radius 2 is 1.68 bits per heavy atom. The summed E-state index contributed by atoms with van der Waals surface area (Å²) in [6, 6.07) is 11.5. The Balaban J connectivity index is 2.10. The lowest BCUT2D eigenvalue weighted by molar-refractivity contribution is 0.568. The highest BCUT2D eigenvalue weighted by molar-refractivity contribution is 7.89. The van der Waals surface area contributed by atoms with Crippen LogP contribution in [-0.4, -0.2) is 8.42 Å². The Bertz CT molecular complexity index is 1110. The van der Waals surface area contributed by atoms with Crippen molar-refractivity contribution in [3.05, 3.63) is 64.1 Å². The molecule has 7 heteroatoms. The van der Waals surface area contributed by atoms with Crippen LogP contribution in [0.15, 0.2) is 52.1 Å². The van der Waals surface area contributed by atoms with E-state index >= 15 is 0 Å². The molecule has 2 aromatic carbocycles. The quantitative estimate of drug-likeness (QED) is 0.753. The van der Waals surface area contributed by atoms with Gasteiger partial charge in [0.1, 0.15) is 10.7 Å². The third kappa shape index (κ3) is 3.33. The van der Waals surface area contributed by atoms with Gasteiger partial charge in [0, 0.05) is 11.1 Å². The maximum Gasteiger partial charge on any atom is 0.240 e. The fourth-order valence-electron chi connectivity index (χ4n) is 2.60. The number of nitrogens with zero attached hydrogens (tertiary/aromatic N) is 1. The summed E-state index contributed by atoms with van der Waals surface area (Å²) in [6.45, 7) is 1.86. The van der Waals surface area contributed by atoms with E-state index in [1.165, 1.54) is 29.5 Å². The van der Waals surface area contributed by atoms with Crippen LogP contribution in [0, 0.1) is 24.1 Å². The predicted octanol–water partition coefficient (Wildman–Crippen LogP) is 4.05. The highest BCUT2D eigenvalue weighted by atomic mass is 32.2. The lowest BCUT2D eigenvalue weighted by Crippen LogP contribution is -2.13. The molecule has 0 bridgehead atoms. The lowest BCUT2D eigenvalue weighted by atomic mass is 9.96. The Hall–Kier alpha value is -2.53. The van der Waals surface area contributed by atoms with Gasteiger partial charge in [0.15, 0.2) is 0 Å². The van der Waals surface area contributed by atoms with E-state index in [4.69, 9.17) is 10.4 Å². The van der Waals surface area contributed by atoms with E-state index in [1.54, 1.807) is 6.07 Å². The molecule has 2 N–H and O–H groups in total. The van der Waals surface area contributed by atoms with Gasteiger partial charge in [0.2, 0.25) is 10.0 Å². The standard InChI is InChI=1S/C18H13FN2O2S2/c1-11-6-12(2-3-14(11)8-20)15-9-24-10-16(15)13-4-5-18(17(19)7-13)25(21,22)23/h2-7,9-10H,1H3,(H2,21,22,23). The summed E-state index contributed by atoms with van der Waals surface area (Å²) in [4.78, 5) is -0.526. The van der Waals surface area contributed by atoms with E-state index in [9.17, 15) is 12.8 Å². The molecule has 0 aliphatic heterocycles.